The number of nitro benzene ring substituents is 1. The summed E-state index contributed by atoms with van der Waals surface area (Å²) in [7, 11) is 0. The smallest absolute Gasteiger partial charge is 0.308 e. The first-order valence-corrected chi connectivity index (χ1v) is 5.88. The van der Waals surface area contributed by atoms with E-state index in [1.165, 1.54) is 0 Å². The first kappa shape index (κ1) is 13.4. The van der Waals surface area contributed by atoms with Gasteiger partial charge in [0.1, 0.15) is 5.82 Å². The Hall–Kier alpha value is -2.05. The van der Waals surface area contributed by atoms with Gasteiger partial charge in [-0.15, -0.1) is 0 Å². The lowest BCUT2D eigenvalue weighted by Gasteiger charge is -2.06. The van der Waals surface area contributed by atoms with E-state index in [1.54, 1.807) is 0 Å². The van der Waals surface area contributed by atoms with Crippen LogP contribution in [0, 0.1) is 27.7 Å². The van der Waals surface area contributed by atoms with Gasteiger partial charge in [0.2, 0.25) is 5.82 Å². The van der Waals surface area contributed by atoms with Crippen LogP contribution < -0.4 is 5.32 Å². The van der Waals surface area contributed by atoms with E-state index in [9.17, 15) is 23.7 Å². The Morgan fingerprint density at radius 2 is 2.21 bits per heavy atom. The maximum absolute atomic E-state index is 13.7. The Kier molecular flexibility index (Phi) is 3.46. The fraction of sp³-hybridized carbons (Fsp3) is 0.417. The van der Waals surface area contributed by atoms with Crippen molar-refractivity contribution in [2.75, 3.05) is 0 Å². The molecule has 2 unspecified atom stereocenters. The first-order chi connectivity index (χ1) is 8.93. The third-order valence-corrected chi connectivity index (χ3v) is 3.22. The number of carbonyl (C=O) groups is 1. The zero-order chi connectivity index (χ0) is 14.2. The minimum Gasteiger partial charge on any atom is -0.349 e. The number of carbonyl (C=O) groups excluding carboxylic acids is 1. The molecule has 1 fully saturated rings. The number of nitrogens with one attached hydrogen (secondary N) is 1. The lowest BCUT2D eigenvalue weighted by atomic mass is 10.1. The van der Waals surface area contributed by atoms with Crippen molar-refractivity contribution in [2.45, 2.75) is 25.8 Å². The van der Waals surface area contributed by atoms with Gasteiger partial charge in [-0.3, -0.25) is 14.9 Å². The van der Waals surface area contributed by atoms with Crippen molar-refractivity contribution in [3.05, 3.63) is 39.4 Å². The third kappa shape index (κ3) is 2.69. The monoisotopic (exact) mass is 270 g/mol. The van der Waals surface area contributed by atoms with Crippen LogP contribution in [0.25, 0.3) is 0 Å². The highest BCUT2D eigenvalue weighted by Crippen LogP contribution is 2.33. The highest BCUT2D eigenvalue weighted by molar-refractivity contribution is 5.95. The largest absolute Gasteiger partial charge is 0.349 e. The lowest BCUT2D eigenvalue weighted by Crippen LogP contribution is -2.28. The molecule has 102 valence electrons. The second-order valence-electron chi connectivity index (χ2n) is 4.53. The molecule has 0 bridgehead atoms. The van der Waals surface area contributed by atoms with Crippen molar-refractivity contribution < 1.29 is 18.5 Å². The molecule has 19 heavy (non-hydrogen) atoms. The molecule has 1 aromatic rings. The first-order valence-electron chi connectivity index (χ1n) is 5.88. The van der Waals surface area contributed by atoms with E-state index in [0.717, 1.165) is 12.8 Å². The van der Waals surface area contributed by atoms with E-state index in [0.29, 0.717) is 18.1 Å². The lowest BCUT2D eigenvalue weighted by molar-refractivity contribution is -0.387. The molecule has 1 aliphatic rings. The molecule has 1 N–H and O–H groups in total. The highest BCUT2D eigenvalue weighted by Gasteiger charge is 2.37. The fourth-order valence-corrected chi connectivity index (χ4v) is 1.99. The van der Waals surface area contributed by atoms with Crippen LogP contribution in [0.15, 0.2) is 12.1 Å². The van der Waals surface area contributed by atoms with Gasteiger partial charge in [0, 0.05) is 6.04 Å². The summed E-state index contributed by atoms with van der Waals surface area (Å²) >= 11 is 0. The summed E-state index contributed by atoms with van der Waals surface area (Å²) in [5, 5.41) is 13.1. The molecule has 0 spiro atoms. The summed E-state index contributed by atoms with van der Waals surface area (Å²) in [5.41, 5.74) is -1.67. The number of benzene rings is 1. The molecule has 2 rings (SSSR count). The predicted octanol–water partition coefficient (Wildman–Crippen LogP) is 2.40. The number of amides is 1. The van der Waals surface area contributed by atoms with Gasteiger partial charge >= 0.3 is 5.69 Å². The Balaban J connectivity index is 2.24. The molecule has 7 heteroatoms. The summed E-state index contributed by atoms with van der Waals surface area (Å²) in [6.07, 6.45) is 1.68. The van der Waals surface area contributed by atoms with Gasteiger partial charge < -0.3 is 5.32 Å². The molecular formula is C12H12F2N2O3. The van der Waals surface area contributed by atoms with E-state index in [4.69, 9.17) is 0 Å². The number of halogens is 2. The van der Waals surface area contributed by atoms with Crippen LogP contribution in [-0.2, 0) is 0 Å². The molecule has 0 aliphatic heterocycles. The van der Waals surface area contributed by atoms with Gasteiger partial charge in [0.05, 0.1) is 16.6 Å². The molecule has 0 aromatic heterocycles. The van der Waals surface area contributed by atoms with Crippen molar-refractivity contribution in [1.82, 2.24) is 5.32 Å². The minimum absolute atomic E-state index is 0.0563. The van der Waals surface area contributed by atoms with E-state index < -0.39 is 33.7 Å². The molecular weight excluding hydrogens is 258 g/mol. The zero-order valence-corrected chi connectivity index (χ0v) is 10.2. The molecule has 1 saturated carbocycles. The molecule has 0 radical (unpaired) electrons. The normalized spacial score (nSPS) is 21.0. The van der Waals surface area contributed by atoms with Crippen LogP contribution in [0.5, 0.6) is 0 Å². The summed E-state index contributed by atoms with van der Waals surface area (Å²) in [6, 6.07) is 1.07. The zero-order valence-electron chi connectivity index (χ0n) is 10.2. The van der Waals surface area contributed by atoms with Crippen molar-refractivity contribution in [1.29, 1.82) is 0 Å². The predicted molar refractivity (Wildman–Crippen MR) is 62.7 cm³/mol. The van der Waals surface area contributed by atoms with Crippen LogP contribution in [0.4, 0.5) is 14.5 Å². The maximum Gasteiger partial charge on any atom is 0.308 e. The SMILES string of the molecule is CCC1CC1NC(=O)c1cc(F)cc([N+](=O)[O-])c1F. The number of rotatable bonds is 4. The summed E-state index contributed by atoms with van der Waals surface area (Å²) in [6.45, 7) is 1.96. The molecule has 1 amide bonds. The van der Waals surface area contributed by atoms with Gasteiger partial charge in [0.15, 0.2) is 0 Å². The molecule has 2 atom stereocenters. The molecule has 5 nitrogen and oxygen atoms in total. The average molecular weight is 270 g/mol. The van der Waals surface area contributed by atoms with Gasteiger partial charge in [-0.1, -0.05) is 13.3 Å². The standard InChI is InChI=1S/C12H12F2N2O3/c1-2-6-3-9(6)15-12(17)8-4-7(13)5-10(11(8)14)16(18)19/h4-6,9H,2-3H2,1H3,(H,15,17). The van der Waals surface area contributed by atoms with Crippen molar-refractivity contribution >= 4 is 11.6 Å². The number of hydrogen-bond donors (Lipinski definition) is 1. The molecule has 1 aliphatic carbocycles. The highest BCUT2D eigenvalue weighted by atomic mass is 19.1. The van der Waals surface area contributed by atoms with Crippen LogP contribution in [0.3, 0.4) is 0 Å². The second-order valence-corrected chi connectivity index (χ2v) is 4.53. The third-order valence-electron chi connectivity index (χ3n) is 3.22. The van der Waals surface area contributed by atoms with E-state index in [-0.39, 0.29) is 6.04 Å². The van der Waals surface area contributed by atoms with Gasteiger partial charge in [-0.2, -0.15) is 4.39 Å². The van der Waals surface area contributed by atoms with Crippen molar-refractivity contribution in [2.24, 2.45) is 5.92 Å². The van der Waals surface area contributed by atoms with Crippen LogP contribution in [0.2, 0.25) is 0 Å². The molecule has 1 aromatic carbocycles. The Morgan fingerprint density at radius 1 is 1.53 bits per heavy atom. The van der Waals surface area contributed by atoms with Crippen molar-refractivity contribution in [3.8, 4) is 0 Å². The fourth-order valence-electron chi connectivity index (χ4n) is 1.99. The van der Waals surface area contributed by atoms with Crippen molar-refractivity contribution in [3.63, 3.8) is 0 Å². The van der Waals surface area contributed by atoms with Gasteiger partial charge in [0.25, 0.3) is 5.91 Å². The summed E-state index contributed by atoms with van der Waals surface area (Å²) in [4.78, 5) is 21.3. The van der Waals surface area contributed by atoms with E-state index in [1.807, 2.05) is 6.92 Å². The Labute approximate surface area is 107 Å². The van der Waals surface area contributed by atoms with E-state index in [2.05, 4.69) is 5.32 Å². The number of hydrogen-bond acceptors (Lipinski definition) is 3. The summed E-state index contributed by atoms with van der Waals surface area (Å²) in [5.74, 6) is -2.80. The quantitative estimate of drug-likeness (QED) is 0.674. The molecule has 0 saturated heterocycles. The number of nitro groups is 1. The van der Waals surface area contributed by atoms with Crippen LogP contribution >= 0.6 is 0 Å². The van der Waals surface area contributed by atoms with E-state index >= 15 is 0 Å². The van der Waals surface area contributed by atoms with Gasteiger partial charge in [-0.05, 0) is 18.4 Å². The maximum atomic E-state index is 13.7. The van der Waals surface area contributed by atoms with Crippen LogP contribution in [-0.4, -0.2) is 16.9 Å². The minimum atomic E-state index is -1.31. The van der Waals surface area contributed by atoms with Crippen LogP contribution in [0.1, 0.15) is 30.1 Å². The number of nitrogens with zero attached hydrogens (tertiary/aromatic N) is 1. The summed E-state index contributed by atoms with van der Waals surface area (Å²) < 4.78 is 26.9. The Bertz CT molecular complexity index is 548. The van der Waals surface area contributed by atoms with Gasteiger partial charge in [-0.25, -0.2) is 4.39 Å². The second kappa shape index (κ2) is 4.91. The molecule has 0 heterocycles. The Morgan fingerprint density at radius 3 is 2.74 bits per heavy atom. The topological polar surface area (TPSA) is 72.2 Å². The average Bonchev–Trinajstić information content (AvgIpc) is 3.09.